The van der Waals surface area contributed by atoms with Gasteiger partial charge < -0.3 is 10.8 Å². The summed E-state index contributed by atoms with van der Waals surface area (Å²) < 4.78 is 0. The molecule has 1 atom stereocenters. The molecule has 0 saturated heterocycles. The lowest BCUT2D eigenvalue weighted by Gasteiger charge is -2.05. The van der Waals surface area contributed by atoms with Gasteiger partial charge in [0.15, 0.2) is 0 Å². The van der Waals surface area contributed by atoms with E-state index < -0.39 is 12.0 Å². The third-order valence-corrected chi connectivity index (χ3v) is 2.01. The van der Waals surface area contributed by atoms with E-state index in [0.29, 0.717) is 0 Å². The van der Waals surface area contributed by atoms with Gasteiger partial charge in [-0.3, -0.25) is 9.59 Å². The second kappa shape index (κ2) is 5.26. The van der Waals surface area contributed by atoms with E-state index in [9.17, 15) is 9.59 Å². The molecule has 15 heavy (non-hydrogen) atoms. The quantitative estimate of drug-likeness (QED) is 0.740. The van der Waals surface area contributed by atoms with Crippen LogP contribution >= 0.6 is 0 Å². The van der Waals surface area contributed by atoms with Crippen molar-refractivity contribution in [3.05, 3.63) is 35.9 Å². The predicted molar refractivity (Wildman–Crippen MR) is 55.4 cm³/mol. The van der Waals surface area contributed by atoms with E-state index >= 15 is 0 Å². The zero-order valence-electron chi connectivity index (χ0n) is 8.22. The standard InChI is InChI=1S/C11H13NO3/c12-10(11(14)15)7-9(13)6-8-4-2-1-3-5-8/h1-5,10H,6-7,12H2,(H,14,15)/t10-/m0/s1. The van der Waals surface area contributed by atoms with Gasteiger partial charge in [-0.05, 0) is 5.56 Å². The smallest absolute Gasteiger partial charge is 0.320 e. The van der Waals surface area contributed by atoms with Crippen LogP contribution in [0.15, 0.2) is 30.3 Å². The Balaban J connectivity index is 2.47. The molecule has 1 rings (SSSR count). The van der Waals surface area contributed by atoms with E-state index in [1.165, 1.54) is 0 Å². The molecule has 1 aromatic carbocycles. The highest BCUT2D eigenvalue weighted by molar-refractivity contribution is 5.86. The van der Waals surface area contributed by atoms with E-state index in [1.54, 1.807) is 0 Å². The van der Waals surface area contributed by atoms with Crippen LogP contribution in [0.5, 0.6) is 0 Å². The number of rotatable bonds is 5. The molecule has 0 heterocycles. The number of ketones is 1. The molecule has 80 valence electrons. The summed E-state index contributed by atoms with van der Waals surface area (Å²) in [6.45, 7) is 0. The number of carbonyl (C=O) groups is 2. The summed E-state index contributed by atoms with van der Waals surface area (Å²) in [5.74, 6) is -1.30. The van der Waals surface area contributed by atoms with Crippen LogP contribution in [0.4, 0.5) is 0 Å². The second-order valence-electron chi connectivity index (χ2n) is 3.35. The first-order chi connectivity index (χ1) is 7.09. The van der Waals surface area contributed by atoms with Crippen LogP contribution < -0.4 is 5.73 Å². The molecular formula is C11H13NO3. The Morgan fingerprint density at radius 1 is 1.27 bits per heavy atom. The van der Waals surface area contributed by atoms with Crippen molar-refractivity contribution >= 4 is 11.8 Å². The summed E-state index contributed by atoms with van der Waals surface area (Å²) in [6, 6.07) is 8.08. The highest BCUT2D eigenvalue weighted by Gasteiger charge is 2.16. The van der Waals surface area contributed by atoms with Gasteiger partial charge in [-0.25, -0.2) is 0 Å². The van der Waals surface area contributed by atoms with Crippen molar-refractivity contribution < 1.29 is 14.7 Å². The first-order valence-corrected chi connectivity index (χ1v) is 4.63. The number of hydrogen-bond acceptors (Lipinski definition) is 3. The number of Topliss-reactive ketones (excluding diaryl/α,β-unsaturated/α-hetero) is 1. The van der Waals surface area contributed by atoms with Gasteiger partial charge in [0.1, 0.15) is 11.8 Å². The van der Waals surface area contributed by atoms with E-state index in [2.05, 4.69) is 0 Å². The van der Waals surface area contributed by atoms with E-state index in [4.69, 9.17) is 10.8 Å². The molecule has 4 nitrogen and oxygen atoms in total. The molecule has 0 bridgehead atoms. The normalized spacial score (nSPS) is 12.1. The first-order valence-electron chi connectivity index (χ1n) is 4.63. The van der Waals surface area contributed by atoms with Gasteiger partial charge in [0.2, 0.25) is 0 Å². The van der Waals surface area contributed by atoms with Gasteiger partial charge in [-0.1, -0.05) is 30.3 Å². The lowest BCUT2D eigenvalue weighted by Crippen LogP contribution is -2.32. The minimum atomic E-state index is -1.14. The van der Waals surface area contributed by atoms with E-state index in [-0.39, 0.29) is 18.6 Å². The Bertz CT molecular complexity index is 348. The van der Waals surface area contributed by atoms with Crippen molar-refractivity contribution in [2.75, 3.05) is 0 Å². The van der Waals surface area contributed by atoms with Crippen molar-refractivity contribution in [2.24, 2.45) is 5.73 Å². The van der Waals surface area contributed by atoms with Crippen molar-refractivity contribution in [2.45, 2.75) is 18.9 Å². The lowest BCUT2D eigenvalue weighted by atomic mass is 10.0. The summed E-state index contributed by atoms with van der Waals surface area (Å²) in [5.41, 5.74) is 6.13. The molecular weight excluding hydrogens is 194 g/mol. The van der Waals surface area contributed by atoms with Gasteiger partial charge in [0.05, 0.1) is 0 Å². The molecule has 4 heteroatoms. The molecule has 0 fully saturated rings. The fourth-order valence-electron chi connectivity index (χ4n) is 1.23. The van der Waals surface area contributed by atoms with Crippen LogP contribution in [0, 0.1) is 0 Å². The largest absolute Gasteiger partial charge is 0.480 e. The highest BCUT2D eigenvalue weighted by Crippen LogP contribution is 2.03. The van der Waals surface area contributed by atoms with Gasteiger partial charge in [0, 0.05) is 12.8 Å². The predicted octanol–water partition coefficient (Wildman–Crippen LogP) is 0.600. The first kappa shape index (κ1) is 11.4. The molecule has 0 aliphatic carbocycles. The van der Waals surface area contributed by atoms with Crippen LogP contribution in [-0.2, 0) is 16.0 Å². The van der Waals surface area contributed by atoms with Crippen molar-refractivity contribution in [3.63, 3.8) is 0 Å². The van der Waals surface area contributed by atoms with Crippen LogP contribution in [0.3, 0.4) is 0 Å². The molecule has 0 aliphatic rings. The number of hydrogen-bond donors (Lipinski definition) is 2. The van der Waals surface area contributed by atoms with Gasteiger partial charge >= 0.3 is 5.97 Å². The summed E-state index contributed by atoms with van der Waals surface area (Å²) in [5, 5.41) is 8.52. The molecule has 0 aliphatic heterocycles. The van der Waals surface area contributed by atoms with Crippen LogP contribution in [0.1, 0.15) is 12.0 Å². The van der Waals surface area contributed by atoms with Crippen molar-refractivity contribution in [1.82, 2.24) is 0 Å². The van der Waals surface area contributed by atoms with Crippen LogP contribution in [0.25, 0.3) is 0 Å². The van der Waals surface area contributed by atoms with E-state index in [1.807, 2.05) is 30.3 Å². The van der Waals surface area contributed by atoms with Crippen LogP contribution in [-0.4, -0.2) is 22.9 Å². The van der Waals surface area contributed by atoms with Gasteiger partial charge in [-0.15, -0.1) is 0 Å². The SMILES string of the molecule is N[C@@H](CC(=O)Cc1ccccc1)C(=O)O. The number of carbonyl (C=O) groups excluding carboxylic acids is 1. The Morgan fingerprint density at radius 3 is 2.40 bits per heavy atom. The molecule has 0 spiro atoms. The molecule has 0 saturated carbocycles. The summed E-state index contributed by atoms with van der Waals surface area (Å²) in [7, 11) is 0. The topological polar surface area (TPSA) is 80.4 Å². The number of nitrogens with two attached hydrogens (primary N) is 1. The fraction of sp³-hybridized carbons (Fsp3) is 0.273. The number of carboxylic acids is 1. The number of benzene rings is 1. The minimum absolute atomic E-state index is 0.121. The molecule has 0 unspecified atom stereocenters. The highest BCUT2D eigenvalue weighted by atomic mass is 16.4. The molecule has 0 aromatic heterocycles. The molecule has 3 N–H and O–H groups in total. The maximum absolute atomic E-state index is 11.4. The summed E-state index contributed by atoms with van der Waals surface area (Å²) >= 11 is 0. The zero-order valence-corrected chi connectivity index (χ0v) is 8.22. The average molecular weight is 207 g/mol. The Labute approximate surface area is 87.7 Å². The maximum Gasteiger partial charge on any atom is 0.320 e. The molecule has 0 amide bonds. The Morgan fingerprint density at radius 2 is 1.87 bits per heavy atom. The minimum Gasteiger partial charge on any atom is -0.480 e. The lowest BCUT2D eigenvalue weighted by molar-refractivity contribution is -0.140. The molecule has 0 radical (unpaired) electrons. The monoisotopic (exact) mass is 207 g/mol. The molecule has 1 aromatic rings. The van der Waals surface area contributed by atoms with Gasteiger partial charge in [-0.2, -0.15) is 0 Å². The summed E-state index contributed by atoms with van der Waals surface area (Å²) in [4.78, 5) is 21.8. The maximum atomic E-state index is 11.4. The third-order valence-electron chi connectivity index (χ3n) is 2.01. The zero-order chi connectivity index (χ0) is 11.3. The van der Waals surface area contributed by atoms with E-state index in [0.717, 1.165) is 5.56 Å². The van der Waals surface area contributed by atoms with Crippen molar-refractivity contribution in [3.8, 4) is 0 Å². The average Bonchev–Trinajstić information content (AvgIpc) is 2.18. The summed E-state index contributed by atoms with van der Waals surface area (Å²) in [6.07, 6.45) is 0.117. The fourth-order valence-corrected chi connectivity index (χ4v) is 1.23. The second-order valence-corrected chi connectivity index (χ2v) is 3.35. The Hall–Kier alpha value is -1.68. The number of aliphatic carboxylic acids is 1. The Kier molecular flexibility index (Phi) is 4.00. The third kappa shape index (κ3) is 3.91. The van der Waals surface area contributed by atoms with Crippen LogP contribution in [0.2, 0.25) is 0 Å². The van der Waals surface area contributed by atoms with Gasteiger partial charge in [0.25, 0.3) is 0 Å². The van der Waals surface area contributed by atoms with Crippen molar-refractivity contribution in [1.29, 1.82) is 0 Å². The number of carboxylic acid groups (broad SMARTS) is 1.